The van der Waals surface area contributed by atoms with Gasteiger partial charge in [-0.1, -0.05) is 18.2 Å². The molecule has 0 aromatic heterocycles. The Morgan fingerprint density at radius 3 is 2.30 bits per heavy atom. The van der Waals surface area contributed by atoms with Crippen molar-refractivity contribution in [2.45, 2.75) is 46.8 Å². The minimum atomic E-state index is -0.564. The van der Waals surface area contributed by atoms with Crippen molar-refractivity contribution in [1.82, 2.24) is 10.6 Å². The minimum absolute atomic E-state index is 0.251. The topological polar surface area (TPSA) is 103 Å². The zero-order valence-electron chi connectivity index (χ0n) is 18.1. The van der Waals surface area contributed by atoms with Crippen LogP contribution in [0.2, 0.25) is 0 Å². The Morgan fingerprint density at radius 1 is 1.07 bits per heavy atom. The molecule has 164 valence electrons. The van der Waals surface area contributed by atoms with Gasteiger partial charge in [-0.15, -0.1) is 0 Å². The van der Waals surface area contributed by atoms with Crippen molar-refractivity contribution in [3.63, 3.8) is 0 Å². The third-order valence-electron chi connectivity index (χ3n) is 3.39. The molecule has 8 heteroatoms. The first-order chi connectivity index (χ1) is 14.1. The molecule has 0 fully saturated rings. The molecule has 0 saturated carbocycles. The molecule has 30 heavy (non-hydrogen) atoms. The lowest BCUT2D eigenvalue weighted by atomic mass is 10.1. The maximum Gasteiger partial charge on any atom is 0.407 e. The summed E-state index contributed by atoms with van der Waals surface area (Å²) in [7, 11) is 0. The number of nitrogens with one attached hydrogen (secondary N) is 2. The van der Waals surface area contributed by atoms with E-state index in [0.29, 0.717) is 11.3 Å². The summed E-state index contributed by atoms with van der Waals surface area (Å²) in [4.78, 5) is 35.4. The van der Waals surface area contributed by atoms with Crippen molar-refractivity contribution >= 4 is 18.0 Å². The Balaban J connectivity index is 2.61. The average Bonchev–Trinajstić information content (AvgIpc) is 2.67. The summed E-state index contributed by atoms with van der Waals surface area (Å²) in [5, 5.41) is 5.27. The third kappa shape index (κ3) is 10.3. The average molecular weight is 418 g/mol. The van der Waals surface area contributed by atoms with Crippen LogP contribution in [0.3, 0.4) is 0 Å². The van der Waals surface area contributed by atoms with E-state index in [4.69, 9.17) is 14.2 Å². The van der Waals surface area contributed by atoms with Gasteiger partial charge in [-0.3, -0.25) is 4.79 Å². The lowest BCUT2D eigenvalue weighted by Crippen LogP contribution is -2.32. The standard InChI is InChI=1S/C22H30N2O6/c1-6-8-18(29-15-19(25)28-7-2)14-23-20(26)17-11-9-16(10-12-17)13-24-21(27)30-22(3,4)5/h6,8-12,14H,7,13,15H2,1-5H3,(H,23,26)(H,24,27)/b8-6-,18-14+. The van der Waals surface area contributed by atoms with Crippen LogP contribution in [0, 0.1) is 0 Å². The zero-order chi connectivity index (χ0) is 22.6. The molecule has 0 heterocycles. The van der Waals surface area contributed by atoms with E-state index in [9.17, 15) is 14.4 Å². The van der Waals surface area contributed by atoms with E-state index in [1.54, 1.807) is 71.0 Å². The molecule has 0 saturated heterocycles. The molecule has 8 nitrogen and oxygen atoms in total. The van der Waals surface area contributed by atoms with E-state index < -0.39 is 17.7 Å². The van der Waals surface area contributed by atoms with Crippen LogP contribution in [0.25, 0.3) is 0 Å². The van der Waals surface area contributed by atoms with Gasteiger partial charge in [0.15, 0.2) is 6.61 Å². The van der Waals surface area contributed by atoms with Crippen molar-refractivity contribution in [1.29, 1.82) is 0 Å². The summed E-state index contributed by atoms with van der Waals surface area (Å²) in [5.41, 5.74) is 0.684. The van der Waals surface area contributed by atoms with Gasteiger partial charge in [-0.05, 0) is 58.4 Å². The fraction of sp³-hybridized carbons (Fsp3) is 0.409. The molecule has 0 aliphatic carbocycles. The fourth-order valence-corrected chi connectivity index (χ4v) is 2.13. The van der Waals surface area contributed by atoms with Crippen molar-refractivity contribution in [2.24, 2.45) is 0 Å². The number of carbonyl (C=O) groups excluding carboxylic acids is 3. The van der Waals surface area contributed by atoms with Gasteiger partial charge < -0.3 is 24.8 Å². The highest BCUT2D eigenvalue weighted by molar-refractivity contribution is 5.94. The van der Waals surface area contributed by atoms with Crippen LogP contribution < -0.4 is 10.6 Å². The molecule has 0 aliphatic rings. The predicted molar refractivity (Wildman–Crippen MR) is 112 cm³/mol. The number of allylic oxidation sites excluding steroid dienone is 2. The smallest absolute Gasteiger partial charge is 0.407 e. The predicted octanol–water partition coefficient (Wildman–Crippen LogP) is 3.44. The SMILES string of the molecule is C/C=C\C(=C/NC(=O)c1ccc(CNC(=O)OC(C)(C)C)cc1)OCC(=O)OCC. The maximum absolute atomic E-state index is 12.3. The van der Waals surface area contributed by atoms with E-state index in [2.05, 4.69) is 10.6 Å². The fourth-order valence-electron chi connectivity index (χ4n) is 2.13. The number of benzene rings is 1. The van der Waals surface area contributed by atoms with Crippen LogP contribution in [-0.2, 0) is 25.5 Å². The first kappa shape index (κ1) is 24.7. The molecule has 0 spiro atoms. The Kier molecular flexibility index (Phi) is 10.2. The number of carbonyl (C=O) groups is 3. The van der Waals surface area contributed by atoms with E-state index in [1.807, 2.05) is 0 Å². The van der Waals surface area contributed by atoms with Crippen LogP contribution in [0.1, 0.15) is 50.5 Å². The van der Waals surface area contributed by atoms with Crippen LogP contribution in [0.5, 0.6) is 0 Å². The number of rotatable bonds is 9. The first-order valence-corrected chi connectivity index (χ1v) is 9.62. The zero-order valence-corrected chi connectivity index (χ0v) is 18.1. The number of amides is 2. The lowest BCUT2D eigenvalue weighted by Gasteiger charge is -2.19. The van der Waals surface area contributed by atoms with E-state index in [1.165, 1.54) is 6.20 Å². The van der Waals surface area contributed by atoms with Gasteiger partial charge >= 0.3 is 12.1 Å². The van der Waals surface area contributed by atoms with Crippen molar-refractivity contribution < 1.29 is 28.6 Å². The highest BCUT2D eigenvalue weighted by Crippen LogP contribution is 2.08. The summed E-state index contributed by atoms with van der Waals surface area (Å²) in [5.74, 6) is -0.518. The lowest BCUT2D eigenvalue weighted by molar-refractivity contribution is -0.146. The summed E-state index contributed by atoms with van der Waals surface area (Å²) < 4.78 is 15.3. The molecule has 1 aromatic rings. The Hall–Kier alpha value is -3.29. The molecule has 1 rings (SSSR count). The Bertz CT molecular complexity index is 776. The third-order valence-corrected chi connectivity index (χ3v) is 3.39. The second kappa shape index (κ2) is 12.3. The van der Waals surface area contributed by atoms with Crippen molar-refractivity contribution in [3.05, 3.63) is 59.5 Å². The van der Waals surface area contributed by atoms with E-state index in [-0.39, 0.29) is 25.7 Å². The maximum atomic E-state index is 12.3. The number of hydrogen-bond donors (Lipinski definition) is 2. The van der Waals surface area contributed by atoms with Gasteiger partial charge in [0.25, 0.3) is 5.91 Å². The van der Waals surface area contributed by atoms with Gasteiger partial charge in [-0.25, -0.2) is 9.59 Å². The van der Waals surface area contributed by atoms with Crippen LogP contribution in [0.4, 0.5) is 4.79 Å². The second-order valence-corrected chi connectivity index (χ2v) is 7.17. The molecule has 2 amide bonds. The molecule has 1 aromatic carbocycles. The van der Waals surface area contributed by atoms with E-state index >= 15 is 0 Å². The molecule has 0 radical (unpaired) electrons. The van der Waals surface area contributed by atoms with Crippen LogP contribution in [-0.4, -0.2) is 36.8 Å². The van der Waals surface area contributed by atoms with Gasteiger partial charge in [0.05, 0.1) is 6.61 Å². The first-order valence-electron chi connectivity index (χ1n) is 9.62. The minimum Gasteiger partial charge on any atom is -0.480 e. The summed E-state index contributed by atoms with van der Waals surface area (Å²) in [6.07, 6.45) is 4.20. The number of alkyl carbamates (subject to hydrolysis) is 1. The Morgan fingerprint density at radius 2 is 1.73 bits per heavy atom. The van der Waals surface area contributed by atoms with Gasteiger partial charge in [0.1, 0.15) is 11.4 Å². The Labute approximate surface area is 177 Å². The highest BCUT2D eigenvalue weighted by Gasteiger charge is 2.15. The summed E-state index contributed by atoms with van der Waals surface area (Å²) in [6.45, 7) is 9.16. The molecule has 0 atom stereocenters. The largest absolute Gasteiger partial charge is 0.480 e. The number of hydrogen-bond acceptors (Lipinski definition) is 6. The van der Waals surface area contributed by atoms with Crippen LogP contribution >= 0.6 is 0 Å². The molecule has 2 N–H and O–H groups in total. The molecular weight excluding hydrogens is 388 g/mol. The number of ether oxygens (including phenoxy) is 3. The highest BCUT2D eigenvalue weighted by atomic mass is 16.6. The van der Waals surface area contributed by atoms with Gasteiger partial charge in [-0.2, -0.15) is 0 Å². The van der Waals surface area contributed by atoms with Gasteiger partial charge in [0.2, 0.25) is 0 Å². The normalized spacial score (nSPS) is 11.7. The molecular formula is C22H30N2O6. The second-order valence-electron chi connectivity index (χ2n) is 7.17. The molecule has 0 unspecified atom stereocenters. The summed E-state index contributed by atoms with van der Waals surface area (Å²) in [6, 6.07) is 6.76. The van der Waals surface area contributed by atoms with Crippen molar-refractivity contribution in [2.75, 3.05) is 13.2 Å². The van der Waals surface area contributed by atoms with Gasteiger partial charge in [0, 0.05) is 18.3 Å². The van der Waals surface area contributed by atoms with Crippen LogP contribution in [0.15, 0.2) is 48.4 Å². The molecule has 0 aliphatic heterocycles. The molecule has 0 bridgehead atoms. The summed E-state index contributed by atoms with van der Waals surface area (Å²) >= 11 is 0. The van der Waals surface area contributed by atoms with E-state index in [0.717, 1.165) is 5.56 Å². The quantitative estimate of drug-likeness (QED) is 0.362. The van der Waals surface area contributed by atoms with Crippen molar-refractivity contribution in [3.8, 4) is 0 Å². The number of esters is 1. The monoisotopic (exact) mass is 418 g/mol.